The SMILES string of the molecule is O=C(Cc1c(F)cccc1Cl)N1CCC(C2CCCN2)CC1. The van der Waals surface area contributed by atoms with Gasteiger partial charge in [0.25, 0.3) is 0 Å². The Kier molecular flexibility index (Phi) is 4.99. The second kappa shape index (κ2) is 6.97. The molecule has 0 saturated carbocycles. The molecule has 0 bridgehead atoms. The maximum absolute atomic E-state index is 13.8. The monoisotopic (exact) mass is 324 g/mol. The highest BCUT2D eigenvalue weighted by atomic mass is 35.5. The van der Waals surface area contributed by atoms with Crippen LogP contribution in [-0.2, 0) is 11.2 Å². The van der Waals surface area contributed by atoms with Crippen molar-refractivity contribution in [3.8, 4) is 0 Å². The number of likely N-dealkylation sites (tertiary alicyclic amines) is 1. The molecule has 1 aromatic rings. The van der Waals surface area contributed by atoms with Gasteiger partial charge in [0.05, 0.1) is 6.42 Å². The third kappa shape index (κ3) is 3.44. The first kappa shape index (κ1) is 15.8. The van der Waals surface area contributed by atoms with Gasteiger partial charge in [0.2, 0.25) is 5.91 Å². The molecule has 0 radical (unpaired) electrons. The average Bonchev–Trinajstić information content (AvgIpc) is 3.05. The molecular formula is C17H22ClFN2O. The van der Waals surface area contributed by atoms with Gasteiger partial charge in [-0.25, -0.2) is 4.39 Å². The highest BCUT2D eigenvalue weighted by molar-refractivity contribution is 6.31. The van der Waals surface area contributed by atoms with Gasteiger partial charge in [0.1, 0.15) is 5.82 Å². The van der Waals surface area contributed by atoms with E-state index in [2.05, 4.69) is 5.32 Å². The van der Waals surface area contributed by atoms with Crippen molar-refractivity contribution in [3.05, 3.63) is 34.6 Å². The van der Waals surface area contributed by atoms with E-state index in [0.29, 0.717) is 22.5 Å². The maximum Gasteiger partial charge on any atom is 0.227 e. The standard InChI is InChI=1S/C17H22ClFN2O/c18-14-3-1-4-15(19)13(14)11-17(22)21-9-6-12(7-10-21)16-5-2-8-20-16/h1,3-4,12,16,20H,2,5-11H2. The number of nitrogens with one attached hydrogen (secondary N) is 1. The van der Waals surface area contributed by atoms with Crippen molar-refractivity contribution >= 4 is 17.5 Å². The quantitative estimate of drug-likeness (QED) is 0.927. The summed E-state index contributed by atoms with van der Waals surface area (Å²) >= 11 is 6.00. The number of nitrogens with zero attached hydrogens (tertiary/aromatic N) is 1. The summed E-state index contributed by atoms with van der Waals surface area (Å²) in [6, 6.07) is 5.17. The molecule has 5 heteroatoms. The summed E-state index contributed by atoms with van der Waals surface area (Å²) in [7, 11) is 0. The molecular weight excluding hydrogens is 303 g/mol. The zero-order chi connectivity index (χ0) is 15.5. The molecule has 2 aliphatic heterocycles. The molecule has 1 amide bonds. The van der Waals surface area contributed by atoms with Crippen LogP contribution < -0.4 is 5.32 Å². The largest absolute Gasteiger partial charge is 0.342 e. The Morgan fingerprint density at radius 3 is 2.73 bits per heavy atom. The number of halogens is 2. The fraction of sp³-hybridized carbons (Fsp3) is 0.588. The molecule has 3 rings (SSSR count). The summed E-state index contributed by atoms with van der Waals surface area (Å²) in [6.07, 6.45) is 4.64. The fourth-order valence-corrected chi connectivity index (χ4v) is 3.86. The second-order valence-electron chi connectivity index (χ2n) is 6.30. The summed E-state index contributed by atoms with van der Waals surface area (Å²) in [5.74, 6) is 0.249. The Morgan fingerprint density at radius 2 is 2.09 bits per heavy atom. The maximum atomic E-state index is 13.8. The number of benzene rings is 1. The topological polar surface area (TPSA) is 32.3 Å². The van der Waals surface area contributed by atoms with Crippen molar-refractivity contribution < 1.29 is 9.18 Å². The summed E-state index contributed by atoms with van der Waals surface area (Å²) in [6.45, 7) is 2.66. The number of hydrogen-bond acceptors (Lipinski definition) is 2. The number of carbonyl (C=O) groups is 1. The van der Waals surface area contributed by atoms with Crippen LogP contribution in [0.15, 0.2) is 18.2 Å². The summed E-state index contributed by atoms with van der Waals surface area (Å²) in [5.41, 5.74) is 0.314. The van der Waals surface area contributed by atoms with Crippen LogP contribution in [0.3, 0.4) is 0 Å². The van der Waals surface area contributed by atoms with E-state index in [1.165, 1.54) is 18.9 Å². The van der Waals surface area contributed by atoms with E-state index in [4.69, 9.17) is 11.6 Å². The van der Waals surface area contributed by atoms with Gasteiger partial charge < -0.3 is 10.2 Å². The summed E-state index contributed by atoms with van der Waals surface area (Å²) in [5, 5.41) is 3.89. The summed E-state index contributed by atoms with van der Waals surface area (Å²) < 4.78 is 13.8. The molecule has 2 fully saturated rings. The lowest BCUT2D eigenvalue weighted by atomic mass is 9.88. The van der Waals surface area contributed by atoms with Crippen molar-refractivity contribution in [2.45, 2.75) is 38.1 Å². The normalized spacial score (nSPS) is 23.0. The Morgan fingerprint density at radius 1 is 1.32 bits per heavy atom. The molecule has 0 aliphatic carbocycles. The van der Waals surface area contributed by atoms with E-state index in [9.17, 15) is 9.18 Å². The van der Waals surface area contributed by atoms with Crippen LogP contribution >= 0.6 is 11.6 Å². The van der Waals surface area contributed by atoms with Gasteiger partial charge in [0, 0.05) is 29.7 Å². The average molecular weight is 325 g/mol. The number of carbonyl (C=O) groups excluding carboxylic acids is 1. The van der Waals surface area contributed by atoms with Gasteiger partial charge >= 0.3 is 0 Å². The zero-order valence-electron chi connectivity index (χ0n) is 12.7. The highest BCUT2D eigenvalue weighted by Crippen LogP contribution is 2.26. The van der Waals surface area contributed by atoms with Crippen LogP contribution in [0.25, 0.3) is 0 Å². The fourth-order valence-electron chi connectivity index (χ4n) is 3.63. The van der Waals surface area contributed by atoms with Crippen molar-refractivity contribution in [2.24, 2.45) is 5.92 Å². The van der Waals surface area contributed by atoms with E-state index in [0.717, 1.165) is 32.5 Å². The smallest absolute Gasteiger partial charge is 0.227 e. The van der Waals surface area contributed by atoms with Gasteiger partial charge in [-0.3, -0.25) is 4.79 Å². The zero-order valence-corrected chi connectivity index (χ0v) is 13.4. The van der Waals surface area contributed by atoms with Gasteiger partial charge in [-0.2, -0.15) is 0 Å². The van der Waals surface area contributed by atoms with Gasteiger partial charge in [0.15, 0.2) is 0 Å². The van der Waals surface area contributed by atoms with Crippen molar-refractivity contribution in [3.63, 3.8) is 0 Å². The molecule has 2 heterocycles. The minimum Gasteiger partial charge on any atom is -0.342 e. The van der Waals surface area contributed by atoms with Crippen molar-refractivity contribution in [1.29, 1.82) is 0 Å². The third-order valence-electron chi connectivity index (χ3n) is 4.95. The Hall–Kier alpha value is -1.13. The number of piperidine rings is 1. The lowest BCUT2D eigenvalue weighted by Gasteiger charge is -2.35. The Balaban J connectivity index is 1.55. The lowest BCUT2D eigenvalue weighted by Crippen LogP contribution is -2.43. The minimum absolute atomic E-state index is 0.0233. The highest BCUT2D eigenvalue weighted by Gasteiger charge is 2.30. The lowest BCUT2D eigenvalue weighted by molar-refractivity contribution is -0.132. The first-order valence-corrected chi connectivity index (χ1v) is 8.47. The van der Waals surface area contributed by atoms with Crippen LogP contribution in [0.2, 0.25) is 5.02 Å². The van der Waals surface area contributed by atoms with Crippen LogP contribution in [0.4, 0.5) is 4.39 Å². The van der Waals surface area contributed by atoms with Crippen LogP contribution in [0, 0.1) is 11.7 Å². The molecule has 3 nitrogen and oxygen atoms in total. The van der Waals surface area contributed by atoms with Gasteiger partial charge in [-0.1, -0.05) is 17.7 Å². The van der Waals surface area contributed by atoms with Crippen LogP contribution in [0.5, 0.6) is 0 Å². The first-order valence-electron chi connectivity index (χ1n) is 8.09. The van der Waals surface area contributed by atoms with E-state index >= 15 is 0 Å². The number of rotatable bonds is 3. The van der Waals surface area contributed by atoms with Crippen LogP contribution in [-0.4, -0.2) is 36.5 Å². The molecule has 22 heavy (non-hydrogen) atoms. The van der Waals surface area contributed by atoms with Crippen molar-refractivity contribution in [2.75, 3.05) is 19.6 Å². The first-order chi connectivity index (χ1) is 10.6. The molecule has 120 valence electrons. The van der Waals surface area contributed by atoms with E-state index < -0.39 is 5.82 Å². The van der Waals surface area contributed by atoms with Crippen LogP contribution in [0.1, 0.15) is 31.2 Å². The van der Waals surface area contributed by atoms with E-state index in [1.54, 1.807) is 12.1 Å². The predicted octanol–water partition coefficient (Wildman–Crippen LogP) is 3.01. The molecule has 2 aliphatic rings. The Labute approximate surface area is 135 Å². The Bertz CT molecular complexity index is 517. The van der Waals surface area contributed by atoms with E-state index in [-0.39, 0.29) is 12.3 Å². The third-order valence-corrected chi connectivity index (χ3v) is 5.30. The van der Waals surface area contributed by atoms with E-state index in [1.807, 2.05) is 4.90 Å². The molecule has 0 spiro atoms. The van der Waals surface area contributed by atoms with Gasteiger partial charge in [-0.05, 0) is 50.3 Å². The molecule has 2 saturated heterocycles. The second-order valence-corrected chi connectivity index (χ2v) is 6.71. The van der Waals surface area contributed by atoms with Gasteiger partial charge in [-0.15, -0.1) is 0 Å². The number of amides is 1. The predicted molar refractivity (Wildman–Crippen MR) is 85.4 cm³/mol. The minimum atomic E-state index is -0.397. The summed E-state index contributed by atoms with van der Waals surface area (Å²) in [4.78, 5) is 14.2. The number of hydrogen-bond donors (Lipinski definition) is 1. The molecule has 1 aromatic carbocycles. The molecule has 1 unspecified atom stereocenters. The molecule has 1 N–H and O–H groups in total. The molecule has 1 atom stereocenters. The molecule has 0 aromatic heterocycles. The van der Waals surface area contributed by atoms with Crippen molar-refractivity contribution in [1.82, 2.24) is 10.2 Å².